The number of hydrogen-bond acceptors (Lipinski definition) is 2. The maximum Gasteiger partial charge on any atom is 0.0584 e. The van der Waals surface area contributed by atoms with Crippen molar-refractivity contribution in [1.82, 2.24) is 0 Å². The molecule has 1 aromatic rings. The third-order valence-electron chi connectivity index (χ3n) is 2.75. The fraction of sp³-hybridized carbons (Fsp3) is 0.571. The summed E-state index contributed by atoms with van der Waals surface area (Å²) in [5.74, 6) is 0. The first-order valence-electron chi connectivity index (χ1n) is 6.22. The molecule has 2 heteroatoms. The van der Waals surface area contributed by atoms with Gasteiger partial charge in [0.25, 0.3) is 0 Å². The molecule has 1 unspecified atom stereocenters. The van der Waals surface area contributed by atoms with Gasteiger partial charge in [-0.05, 0) is 37.8 Å². The Bertz CT molecular complexity index is 261. The summed E-state index contributed by atoms with van der Waals surface area (Å²) in [5.41, 5.74) is 6.91. The predicted octanol–water partition coefficient (Wildman–Crippen LogP) is 2.76. The molecular weight excluding hydrogens is 198 g/mol. The van der Waals surface area contributed by atoms with Crippen molar-refractivity contribution < 1.29 is 4.74 Å². The van der Waals surface area contributed by atoms with E-state index in [1.54, 1.807) is 0 Å². The highest BCUT2D eigenvalue weighted by Crippen LogP contribution is 2.06. The van der Waals surface area contributed by atoms with Gasteiger partial charge in [0.05, 0.1) is 6.10 Å². The molecule has 1 atom stereocenters. The van der Waals surface area contributed by atoms with Crippen LogP contribution in [0.2, 0.25) is 0 Å². The van der Waals surface area contributed by atoms with E-state index < -0.39 is 0 Å². The lowest BCUT2D eigenvalue weighted by Crippen LogP contribution is -2.17. The zero-order chi connectivity index (χ0) is 11.6. The van der Waals surface area contributed by atoms with Crippen LogP contribution in [-0.4, -0.2) is 19.3 Å². The molecule has 0 aliphatic carbocycles. The summed E-state index contributed by atoms with van der Waals surface area (Å²) in [7, 11) is 0. The maximum atomic E-state index is 5.77. The van der Waals surface area contributed by atoms with Crippen LogP contribution in [-0.2, 0) is 11.2 Å². The third kappa shape index (κ3) is 5.29. The number of benzene rings is 1. The molecule has 2 N–H and O–H groups in total. The standard InChI is InChI=1S/C14H23NO/c1-2-14(10-11-15)16-12-6-9-13-7-4-3-5-8-13/h3-5,7-8,14H,2,6,9-12,15H2,1H3. The Morgan fingerprint density at radius 2 is 2.00 bits per heavy atom. The Balaban J connectivity index is 2.11. The van der Waals surface area contributed by atoms with Crippen LogP contribution in [0.25, 0.3) is 0 Å². The lowest BCUT2D eigenvalue weighted by molar-refractivity contribution is 0.0452. The molecule has 90 valence electrons. The van der Waals surface area contributed by atoms with Gasteiger partial charge >= 0.3 is 0 Å². The van der Waals surface area contributed by atoms with Crippen LogP contribution in [0, 0.1) is 0 Å². The molecule has 0 aliphatic heterocycles. The Labute approximate surface area is 98.8 Å². The van der Waals surface area contributed by atoms with E-state index in [4.69, 9.17) is 10.5 Å². The Morgan fingerprint density at radius 1 is 1.25 bits per heavy atom. The van der Waals surface area contributed by atoms with E-state index in [9.17, 15) is 0 Å². The number of nitrogens with two attached hydrogens (primary N) is 1. The largest absolute Gasteiger partial charge is 0.378 e. The summed E-state index contributed by atoms with van der Waals surface area (Å²) in [6.45, 7) is 3.71. The zero-order valence-electron chi connectivity index (χ0n) is 10.2. The van der Waals surface area contributed by atoms with Gasteiger partial charge in [-0.3, -0.25) is 0 Å². The molecule has 0 aromatic heterocycles. The summed E-state index contributed by atoms with van der Waals surface area (Å²) < 4.78 is 5.77. The predicted molar refractivity (Wildman–Crippen MR) is 68.5 cm³/mol. The van der Waals surface area contributed by atoms with Crippen LogP contribution in [0.1, 0.15) is 31.7 Å². The van der Waals surface area contributed by atoms with Gasteiger partial charge in [-0.15, -0.1) is 0 Å². The number of rotatable bonds is 8. The molecule has 16 heavy (non-hydrogen) atoms. The summed E-state index contributed by atoms with van der Waals surface area (Å²) in [4.78, 5) is 0. The first kappa shape index (κ1) is 13.2. The van der Waals surface area contributed by atoms with Crippen molar-refractivity contribution in [3.8, 4) is 0 Å². The molecule has 0 amide bonds. The Morgan fingerprint density at radius 3 is 2.62 bits per heavy atom. The molecule has 0 heterocycles. The second-order valence-electron chi connectivity index (χ2n) is 4.07. The minimum Gasteiger partial charge on any atom is -0.378 e. The summed E-state index contributed by atoms with van der Waals surface area (Å²) in [6.07, 6.45) is 4.57. The first-order chi connectivity index (χ1) is 7.86. The van der Waals surface area contributed by atoms with E-state index >= 15 is 0 Å². The van der Waals surface area contributed by atoms with E-state index in [2.05, 4.69) is 31.2 Å². The van der Waals surface area contributed by atoms with Crippen molar-refractivity contribution in [2.75, 3.05) is 13.2 Å². The van der Waals surface area contributed by atoms with Gasteiger partial charge in [-0.25, -0.2) is 0 Å². The topological polar surface area (TPSA) is 35.2 Å². The average Bonchev–Trinajstić information content (AvgIpc) is 2.34. The molecular formula is C14H23NO. The minimum absolute atomic E-state index is 0.348. The Kier molecular flexibility index (Phi) is 6.86. The fourth-order valence-electron chi connectivity index (χ4n) is 1.76. The van der Waals surface area contributed by atoms with Gasteiger partial charge in [0.1, 0.15) is 0 Å². The number of hydrogen-bond donors (Lipinski definition) is 1. The van der Waals surface area contributed by atoms with Crippen molar-refractivity contribution >= 4 is 0 Å². The number of aryl methyl sites for hydroxylation is 1. The van der Waals surface area contributed by atoms with Crippen LogP contribution < -0.4 is 5.73 Å². The molecule has 0 fully saturated rings. The molecule has 0 aliphatic rings. The van der Waals surface area contributed by atoms with E-state index in [0.29, 0.717) is 6.10 Å². The minimum atomic E-state index is 0.348. The second-order valence-corrected chi connectivity index (χ2v) is 4.07. The van der Waals surface area contributed by atoms with Crippen molar-refractivity contribution in [1.29, 1.82) is 0 Å². The van der Waals surface area contributed by atoms with Gasteiger partial charge in [0.15, 0.2) is 0 Å². The smallest absolute Gasteiger partial charge is 0.0584 e. The van der Waals surface area contributed by atoms with Gasteiger partial charge in [0, 0.05) is 6.61 Å². The van der Waals surface area contributed by atoms with E-state index in [1.165, 1.54) is 5.56 Å². The Hall–Kier alpha value is -0.860. The third-order valence-corrected chi connectivity index (χ3v) is 2.75. The highest BCUT2D eigenvalue weighted by atomic mass is 16.5. The van der Waals surface area contributed by atoms with Crippen molar-refractivity contribution in [2.45, 2.75) is 38.7 Å². The lowest BCUT2D eigenvalue weighted by atomic mass is 10.1. The quantitative estimate of drug-likeness (QED) is 0.685. The summed E-state index contributed by atoms with van der Waals surface area (Å²) in [6, 6.07) is 10.5. The molecule has 1 rings (SSSR count). The summed E-state index contributed by atoms with van der Waals surface area (Å²) >= 11 is 0. The molecule has 0 spiro atoms. The van der Waals surface area contributed by atoms with Crippen molar-refractivity contribution in [3.05, 3.63) is 35.9 Å². The summed E-state index contributed by atoms with van der Waals surface area (Å²) in [5, 5.41) is 0. The van der Waals surface area contributed by atoms with Gasteiger partial charge in [-0.1, -0.05) is 37.3 Å². The molecule has 0 radical (unpaired) electrons. The molecule has 0 saturated heterocycles. The maximum absolute atomic E-state index is 5.77. The number of ether oxygens (including phenoxy) is 1. The molecule has 0 bridgehead atoms. The highest BCUT2D eigenvalue weighted by Gasteiger charge is 2.04. The van der Waals surface area contributed by atoms with Gasteiger partial charge in [-0.2, -0.15) is 0 Å². The highest BCUT2D eigenvalue weighted by molar-refractivity contribution is 5.14. The lowest BCUT2D eigenvalue weighted by Gasteiger charge is -2.14. The zero-order valence-corrected chi connectivity index (χ0v) is 10.2. The van der Waals surface area contributed by atoms with Crippen LogP contribution in [0.5, 0.6) is 0 Å². The molecule has 1 aromatic carbocycles. The monoisotopic (exact) mass is 221 g/mol. The van der Waals surface area contributed by atoms with Gasteiger partial charge in [0.2, 0.25) is 0 Å². The van der Waals surface area contributed by atoms with Crippen LogP contribution in [0.3, 0.4) is 0 Å². The van der Waals surface area contributed by atoms with Gasteiger partial charge < -0.3 is 10.5 Å². The van der Waals surface area contributed by atoms with Crippen LogP contribution in [0.4, 0.5) is 0 Å². The van der Waals surface area contributed by atoms with E-state index in [1.807, 2.05) is 6.07 Å². The SMILES string of the molecule is CCC(CCN)OCCCc1ccccc1. The fourth-order valence-corrected chi connectivity index (χ4v) is 1.76. The van der Waals surface area contributed by atoms with E-state index in [0.717, 1.165) is 38.8 Å². The van der Waals surface area contributed by atoms with Crippen LogP contribution in [0.15, 0.2) is 30.3 Å². The van der Waals surface area contributed by atoms with Crippen molar-refractivity contribution in [3.63, 3.8) is 0 Å². The molecule has 2 nitrogen and oxygen atoms in total. The van der Waals surface area contributed by atoms with E-state index in [-0.39, 0.29) is 0 Å². The first-order valence-corrected chi connectivity index (χ1v) is 6.22. The van der Waals surface area contributed by atoms with Crippen molar-refractivity contribution in [2.24, 2.45) is 5.73 Å². The average molecular weight is 221 g/mol. The normalized spacial score (nSPS) is 12.6. The second kappa shape index (κ2) is 8.31. The molecule has 0 saturated carbocycles. The van der Waals surface area contributed by atoms with Crippen LogP contribution >= 0.6 is 0 Å².